The second kappa shape index (κ2) is 8.04. The highest BCUT2D eigenvalue weighted by atomic mass is 16.4. The summed E-state index contributed by atoms with van der Waals surface area (Å²) in [5, 5.41) is 11.2. The zero-order chi connectivity index (χ0) is 15.8. The van der Waals surface area contributed by atoms with Crippen molar-refractivity contribution in [3.63, 3.8) is 0 Å². The molecule has 6 nitrogen and oxygen atoms in total. The molecule has 0 bridgehead atoms. The first kappa shape index (κ1) is 16.7. The Kier molecular flexibility index (Phi) is 6.39. The standard InChI is InChI=1S/C15H20N2O4/c1-17(2)14(19)10-11-6-8-12(9-7-11)16-13(18)4-3-5-15(20)21/h6-9H,3-5,10H2,1-2H3,(H,16,18)(H,20,21). The van der Waals surface area contributed by atoms with E-state index in [1.807, 2.05) is 0 Å². The lowest BCUT2D eigenvalue weighted by molar-refractivity contribution is -0.137. The molecule has 0 saturated carbocycles. The maximum absolute atomic E-state index is 11.6. The van der Waals surface area contributed by atoms with Crippen LogP contribution in [0.5, 0.6) is 0 Å². The van der Waals surface area contributed by atoms with Crippen molar-refractivity contribution in [1.29, 1.82) is 0 Å². The summed E-state index contributed by atoms with van der Waals surface area (Å²) in [6, 6.07) is 7.03. The fourth-order valence-electron chi connectivity index (χ4n) is 1.66. The molecule has 1 aromatic carbocycles. The Bertz CT molecular complexity index is 509. The van der Waals surface area contributed by atoms with Gasteiger partial charge in [-0.2, -0.15) is 0 Å². The first-order valence-electron chi connectivity index (χ1n) is 6.69. The Hall–Kier alpha value is -2.37. The Balaban J connectivity index is 2.45. The molecule has 2 N–H and O–H groups in total. The summed E-state index contributed by atoms with van der Waals surface area (Å²) in [6.45, 7) is 0. The normalized spacial score (nSPS) is 10.0. The number of nitrogens with one attached hydrogen (secondary N) is 1. The maximum atomic E-state index is 11.6. The Labute approximate surface area is 123 Å². The summed E-state index contributed by atoms with van der Waals surface area (Å²) >= 11 is 0. The van der Waals surface area contributed by atoms with Crippen molar-refractivity contribution >= 4 is 23.5 Å². The largest absolute Gasteiger partial charge is 0.481 e. The Morgan fingerprint density at radius 3 is 2.24 bits per heavy atom. The summed E-state index contributed by atoms with van der Waals surface area (Å²) in [7, 11) is 3.40. The van der Waals surface area contributed by atoms with Crippen LogP contribution in [-0.2, 0) is 20.8 Å². The van der Waals surface area contributed by atoms with Crippen LogP contribution in [0.15, 0.2) is 24.3 Å². The lowest BCUT2D eigenvalue weighted by atomic mass is 10.1. The van der Waals surface area contributed by atoms with E-state index in [-0.39, 0.29) is 24.7 Å². The van der Waals surface area contributed by atoms with Crippen molar-refractivity contribution in [3.8, 4) is 0 Å². The molecule has 0 unspecified atom stereocenters. The van der Waals surface area contributed by atoms with Crippen LogP contribution < -0.4 is 5.32 Å². The molecule has 0 aromatic heterocycles. The number of carboxylic acid groups (broad SMARTS) is 1. The number of nitrogens with zero attached hydrogens (tertiary/aromatic N) is 1. The number of hydrogen-bond acceptors (Lipinski definition) is 3. The Morgan fingerprint density at radius 2 is 1.71 bits per heavy atom. The second-order valence-corrected chi connectivity index (χ2v) is 4.96. The molecular weight excluding hydrogens is 272 g/mol. The monoisotopic (exact) mass is 292 g/mol. The van der Waals surface area contributed by atoms with E-state index in [0.717, 1.165) is 5.56 Å². The molecule has 0 radical (unpaired) electrons. The molecule has 114 valence electrons. The van der Waals surface area contributed by atoms with Crippen molar-refractivity contribution in [2.45, 2.75) is 25.7 Å². The van der Waals surface area contributed by atoms with Gasteiger partial charge < -0.3 is 15.3 Å². The van der Waals surface area contributed by atoms with Crippen LogP contribution in [0.2, 0.25) is 0 Å². The smallest absolute Gasteiger partial charge is 0.303 e. The van der Waals surface area contributed by atoms with E-state index < -0.39 is 5.97 Å². The SMILES string of the molecule is CN(C)C(=O)Cc1ccc(NC(=O)CCCC(=O)O)cc1. The third-order valence-corrected chi connectivity index (χ3v) is 2.89. The van der Waals surface area contributed by atoms with Crippen molar-refractivity contribution in [2.24, 2.45) is 0 Å². The van der Waals surface area contributed by atoms with E-state index >= 15 is 0 Å². The summed E-state index contributed by atoms with van der Waals surface area (Å²) in [4.78, 5) is 35.0. The number of carboxylic acids is 1. The third kappa shape index (κ3) is 6.56. The first-order chi connectivity index (χ1) is 9.88. The fraction of sp³-hybridized carbons (Fsp3) is 0.400. The van der Waals surface area contributed by atoms with Crippen LogP contribution >= 0.6 is 0 Å². The molecule has 0 aliphatic carbocycles. The van der Waals surface area contributed by atoms with Crippen molar-refractivity contribution in [3.05, 3.63) is 29.8 Å². The average Bonchev–Trinajstić information content (AvgIpc) is 2.40. The topological polar surface area (TPSA) is 86.7 Å². The van der Waals surface area contributed by atoms with Gasteiger partial charge in [-0.1, -0.05) is 12.1 Å². The molecule has 0 atom stereocenters. The second-order valence-electron chi connectivity index (χ2n) is 4.96. The number of carbonyl (C=O) groups is 3. The number of aliphatic carboxylic acids is 1. The number of benzene rings is 1. The minimum atomic E-state index is -0.905. The van der Waals surface area contributed by atoms with Crippen molar-refractivity contribution in [2.75, 3.05) is 19.4 Å². The summed E-state index contributed by atoms with van der Waals surface area (Å²) < 4.78 is 0. The summed E-state index contributed by atoms with van der Waals surface area (Å²) in [5.41, 5.74) is 1.51. The predicted octanol–water partition coefficient (Wildman–Crippen LogP) is 1.51. The van der Waals surface area contributed by atoms with E-state index in [2.05, 4.69) is 5.32 Å². The van der Waals surface area contributed by atoms with Gasteiger partial charge in [0.15, 0.2) is 0 Å². The molecule has 0 heterocycles. The van der Waals surface area contributed by atoms with Crippen molar-refractivity contribution in [1.82, 2.24) is 4.90 Å². The van der Waals surface area contributed by atoms with Gasteiger partial charge in [-0.15, -0.1) is 0 Å². The van der Waals surface area contributed by atoms with Gasteiger partial charge in [-0.05, 0) is 24.1 Å². The van der Waals surface area contributed by atoms with E-state index in [0.29, 0.717) is 18.5 Å². The van der Waals surface area contributed by atoms with Crippen LogP contribution in [0.4, 0.5) is 5.69 Å². The molecule has 6 heteroatoms. The highest BCUT2D eigenvalue weighted by Crippen LogP contribution is 2.11. The number of amides is 2. The van der Waals surface area contributed by atoms with Crippen molar-refractivity contribution < 1.29 is 19.5 Å². The van der Waals surface area contributed by atoms with Gasteiger partial charge in [0, 0.05) is 32.6 Å². The number of hydrogen-bond donors (Lipinski definition) is 2. The molecular formula is C15H20N2O4. The first-order valence-corrected chi connectivity index (χ1v) is 6.69. The van der Waals surface area contributed by atoms with E-state index in [1.54, 1.807) is 38.4 Å². The molecule has 1 rings (SSSR count). The van der Waals surface area contributed by atoms with Crippen LogP contribution in [0.1, 0.15) is 24.8 Å². The van der Waals surface area contributed by atoms with Crippen LogP contribution in [0.25, 0.3) is 0 Å². The number of rotatable bonds is 7. The molecule has 21 heavy (non-hydrogen) atoms. The lowest BCUT2D eigenvalue weighted by Gasteiger charge is -2.10. The van der Waals surface area contributed by atoms with Gasteiger partial charge in [-0.3, -0.25) is 14.4 Å². The van der Waals surface area contributed by atoms with Gasteiger partial charge >= 0.3 is 5.97 Å². The molecule has 2 amide bonds. The summed E-state index contributed by atoms with van der Waals surface area (Å²) in [6.07, 6.45) is 0.794. The molecule has 0 aliphatic heterocycles. The van der Waals surface area contributed by atoms with Crippen LogP contribution in [-0.4, -0.2) is 41.9 Å². The number of likely N-dealkylation sites (N-methyl/N-ethyl adjacent to an activating group) is 1. The van der Waals surface area contributed by atoms with Crippen LogP contribution in [0, 0.1) is 0 Å². The Morgan fingerprint density at radius 1 is 1.10 bits per heavy atom. The van der Waals surface area contributed by atoms with E-state index in [4.69, 9.17) is 5.11 Å². The highest BCUT2D eigenvalue weighted by Gasteiger charge is 2.07. The van der Waals surface area contributed by atoms with Gasteiger partial charge in [0.1, 0.15) is 0 Å². The summed E-state index contributed by atoms with van der Waals surface area (Å²) in [5.74, 6) is -1.11. The predicted molar refractivity (Wildman–Crippen MR) is 79.0 cm³/mol. The fourth-order valence-corrected chi connectivity index (χ4v) is 1.66. The van der Waals surface area contributed by atoms with Gasteiger partial charge in [0.25, 0.3) is 0 Å². The minimum Gasteiger partial charge on any atom is -0.481 e. The quantitative estimate of drug-likeness (QED) is 0.797. The highest BCUT2D eigenvalue weighted by molar-refractivity contribution is 5.91. The molecule has 0 fully saturated rings. The third-order valence-electron chi connectivity index (χ3n) is 2.89. The van der Waals surface area contributed by atoms with E-state index in [9.17, 15) is 14.4 Å². The molecule has 0 spiro atoms. The molecule has 0 aliphatic rings. The number of anilines is 1. The average molecular weight is 292 g/mol. The van der Waals surface area contributed by atoms with Gasteiger partial charge in [-0.25, -0.2) is 0 Å². The maximum Gasteiger partial charge on any atom is 0.303 e. The minimum absolute atomic E-state index is 0.0143. The zero-order valence-corrected chi connectivity index (χ0v) is 12.3. The molecule has 1 aromatic rings. The lowest BCUT2D eigenvalue weighted by Crippen LogP contribution is -2.23. The molecule has 0 saturated heterocycles. The zero-order valence-electron chi connectivity index (χ0n) is 12.3. The number of carbonyl (C=O) groups excluding carboxylic acids is 2. The van der Waals surface area contributed by atoms with Gasteiger partial charge in [0.05, 0.1) is 6.42 Å². The van der Waals surface area contributed by atoms with E-state index in [1.165, 1.54) is 4.90 Å². The van der Waals surface area contributed by atoms with Crippen LogP contribution in [0.3, 0.4) is 0 Å². The van der Waals surface area contributed by atoms with Gasteiger partial charge in [0.2, 0.25) is 11.8 Å².